The molecule has 110 valence electrons. The lowest BCUT2D eigenvalue weighted by Gasteiger charge is -2.35. The number of hydrogen-bond acceptors (Lipinski definition) is 5. The highest BCUT2D eigenvalue weighted by molar-refractivity contribution is 7.92. The van der Waals surface area contributed by atoms with E-state index in [-0.39, 0.29) is 10.9 Å². The molecule has 6 nitrogen and oxygen atoms in total. The average molecular weight is 306 g/mol. The number of nitrogens with zero attached hydrogens (tertiary/aromatic N) is 2. The summed E-state index contributed by atoms with van der Waals surface area (Å²) in [5.41, 5.74) is 1.45. The van der Waals surface area contributed by atoms with Crippen LogP contribution in [0.25, 0.3) is 0 Å². The van der Waals surface area contributed by atoms with Crippen molar-refractivity contribution in [3.63, 3.8) is 0 Å². The summed E-state index contributed by atoms with van der Waals surface area (Å²) in [5.74, 6) is -0.00372. The number of benzene rings is 1. The van der Waals surface area contributed by atoms with Gasteiger partial charge in [0.25, 0.3) is 10.0 Å². The molecule has 2 heterocycles. The van der Waals surface area contributed by atoms with E-state index in [9.17, 15) is 13.2 Å². The van der Waals surface area contributed by atoms with Crippen molar-refractivity contribution in [1.82, 2.24) is 0 Å². The Morgan fingerprint density at radius 3 is 2.48 bits per heavy atom. The summed E-state index contributed by atoms with van der Waals surface area (Å²) in [6, 6.07) is 9.94. The number of furan rings is 1. The van der Waals surface area contributed by atoms with Crippen molar-refractivity contribution in [2.24, 2.45) is 0 Å². The Hall–Kier alpha value is -2.28. The minimum atomic E-state index is -3.81. The number of sulfonamides is 1. The maximum absolute atomic E-state index is 12.7. The van der Waals surface area contributed by atoms with E-state index >= 15 is 0 Å². The number of para-hydroxylation sites is 2. The third kappa shape index (κ3) is 2.19. The molecule has 3 rings (SSSR count). The van der Waals surface area contributed by atoms with Gasteiger partial charge in [-0.15, -0.1) is 0 Å². The van der Waals surface area contributed by atoms with Gasteiger partial charge in [0.2, 0.25) is 5.09 Å². The third-order valence-corrected chi connectivity index (χ3v) is 5.15. The molecule has 0 saturated heterocycles. The van der Waals surface area contributed by atoms with Crippen LogP contribution in [0, 0.1) is 0 Å². The van der Waals surface area contributed by atoms with Crippen LogP contribution in [-0.2, 0) is 10.0 Å². The Labute approximate surface area is 122 Å². The summed E-state index contributed by atoms with van der Waals surface area (Å²) in [4.78, 5) is 12.7. The van der Waals surface area contributed by atoms with E-state index in [2.05, 4.69) is 0 Å². The van der Waals surface area contributed by atoms with Crippen LogP contribution in [0.3, 0.4) is 0 Å². The van der Waals surface area contributed by atoms with E-state index in [0.29, 0.717) is 25.1 Å². The lowest BCUT2D eigenvalue weighted by molar-refractivity contribution is 0.109. The van der Waals surface area contributed by atoms with Crippen LogP contribution in [0.15, 0.2) is 45.9 Å². The molecule has 21 heavy (non-hydrogen) atoms. The number of fused-ring (bicyclic) bond motifs is 1. The van der Waals surface area contributed by atoms with Crippen molar-refractivity contribution in [2.75, 3.05) is 29.3 Å². The molecular weight excluding hydrogens is 292 g/mol. The molecule has 0 unspecified atom stereocenters. The van der Waals surface area contributed by atoms with Crippen LogP contribution >= 0.6 is 0 Å². The highest BCUT2D eigenvalue weighted by Gasteiger charge is 2.32. The van der Waals surface area contributed by atoms with Crippen molar-refractivity contribution >= 4 is 27.7 Å². The number of anilines is 2. The van der Waals surface area contributed by atoms with Gasteiger partial charge >= 0.3 is 0 Å². The summed E-state index contributed by atoms with van der Waals surface area (Å²) in [6.07, 6.45) is 0.483. The normalized spacial score (nSPS) is 14.9. The third-order valence-electron chi connectivity index (χ3n) is 3.46. The first kappa shape index (κ1) is 13.7. The van der Waals surface area contributed by atoms with Crippen molar-refractivity contribution in [3.05, 3.63) is 42.2 Å². The van der Waals surface area contributed by atoms with Gasteiger partial charge in [0, 0.05) is 13.6 Å². The molecule has 1 aromatic carbocycles. The van der Waals surface area contributed by atoms with Crippen LogP contribution in [0.2, 0.25) is 0 Å². The fraction of sp³-hybridized carbons (Fsp3) is 0.214. The second-order valence-corrected chi connectivity index (χ2v) is 6.56. The van der Waals surface area contributed by atoms with Crippen molar-refractivity contribution in [2.45, 2.75) is 5.09 Å². The molecule has 7 heteroatoms. The number of rotatable bonds is 3. The molecule has 0 spiro atoms. The van der Waals surface area contributed by atoms with E-state index in [0.717, 1.165) is 5.69 Å². The second-order valence-electron chi connectivity index (χ2n) is 4.76. The highest BCUT2D eigenvalue weighted by Crippen LogP contribution is 2.35. The molecule has 0 radical (unpaired) electrons. The smallest absolute Gasteiger partial charge is 0.297 e. The first-order valence-electron chi connectivity index (χ1n) is 6.42. The van der Waals surface area contributed by atoms with E-state index in [1.54, 1.807) is 12.1 Å². The largest absolute Gasteiger partial charge is 0.440 e. The Balaban J connectivity index is 2.08. The Morgan fingerprint density at radius 1 is 1.10 bits per heavy atom. The molecule has 0 bridgehead atoms. The number of likely N-dealkylation sites (N-methyl/N-ethyl adjacent to an activating group) is 1. The van der Waals surface area contributed by atoms with Crippen LogP contribution < -0.4 is 9.21 Å². The Morgan fingerprint density at radius 2 is 1.81 bits per heavy atom. The lowest BCUT2D eigenvalue weighted by Crippen LogP contribution is -2.42. The van der Waals surface area contributed by atoms with Gasteiger partial charge in [-0.3, -0.25) is 9.10 Å². The maximum atomic E-state index is 12.7. The fourth-order valence-electron chi connectivity index (χ4n) is 2.37. The van der Waals surface area contributed by atoms with Crippen molar-refractivity contribution in [1.29, 1.82) is 0 Å². The SMILES string of the molecule is CN1CCN(S(=O)(=O)c2ccc(C=O)o2)c2ccccc21. The van der Waals surface area contributed by atoms with Gasteiger partial charge in [-0.05, 0) is 24.3 Å². The molecule has 1 aliphatic rings. The molecular formula is C14H14N2O4S. The van der Waals surface area contributed by atoms with Gasteiger partial charge in [-0.1, -0.05) is 12.1 Å². The zero-order valence-electron chi connectivity index (χ0n) is 11.4. The summed E-state index contributed by atoms with van der Waals surface area (Å²) < 4.78 is 31.8. The number of carbonyl (C=O) groups is 1. The standard InChI is InChI=1S/C14H14N2O4S/c1-15-8-9-16(13-5-3-2-4-12(13)15)21(18,19)14-7-6-11(10-17)20-14/h2-7,10H,8-9H2,1H3. The molecule has 0 atom stereocenters. The van der Waals surface area contributed by atoms with E-state index in [4.69, 9.17) is 4.42 Å². The molecule has 1 aliphatic heterocycles. The summed E-state index contributed by atoms with van der Waals surface area (Å²) >= 11 is 0. The van der Waals surface area contributed by atoms with E-state index in [1.807, 2.05) is 24.1 Å². The number of aldehydes is 1. The molecule has 0 amide bonds. The zero-order valence-corrected chi connectivity index (χ0v) is 12.2. The monoisotopic (exact) mass is 306 g/mol. The van der Waals surface area contributed by atoms with Crippen LogP contribution in [0.1, 0.15) is 10.6 Å². The predicted octanol–water partition coefficient (Wildman–Crippen LogP) is 1.74. The first-order chi connectivity index (χ1) is 10.0. The average Bonchev–Trinajstić information content (AvgIpc) is 2.97. The lowest BCUT2D eigenvalue weighted by atomic mass is 10.2. The predicted molar refractivity (Wildman–Crippen MR) is 78.3 cm³/mol. The van der Waals surface area contributed by atoms with Crippen molar-refractivity contribution < 1.29 is 17.6 Å². The highest BCUT2D eigenvalue weighted by atomic mass is 32.2. The zero-order chi connectivity index (χ0) is 15.0. The van der Waals surface area contributed by atoms with Gasteiger partial charge in [0.15, 0.2) is 12.0 Å². The van der Waals surface area contributed by atoms with Gasteiger partial charge in [-0.25, -0.2) is 0 Å². The van der Waals surface area contributed by atoms with Gasteiger partial charge in [-0.2, -0.15) is 8.42 Å². The second kappa shape index (κ2) is 4.92. The first-order valence-corrected chi connectivity index (χ1v) is 7.86. The molecule has 0 N–H and O–H groups in total. The quantitative estimate of drug-likeness (QED) is 0.808. The summed E-state index contributed by atoms with van der Waals surface area (Å²) in [7, 11) is -1.89. The van der Waals surface area contributed by atoms with Crippen LogP contribution in [0.4, 0.5) is 11.4 Å². The summed E-state index contributed by atoms with van der Waals surface area (Å²) in [5, 5.41) is -0.219. The number of carbonyl (C=O) groups excluding carboxylic acids is 1. The van der Waals surface area contributed by atoms with Gasteiger partial charge in [0.1, 0.15) is 0 Å². The van der Waals surface area contributed by atoms with Crippen LogP contribution in [0.5, 0.6) is 0 Å². The fourth-order valence-corrected chi connectivity index (χ4v) is 3.77. The minimum Gasteiger partial charge on any atom is -0.440 e. The van der Waals surface area contributed by atoms with Crippen molar-refractivity contribution in [3.8, 4) is 0 Å². The topological polar surface area (TPSA) is 70.8 Å². The Kier molecular flexibility index (Phi) is 3.21. The van der Waals surface area contributed by atoms with Gasteiger partial charge in [0.05, 0.1) is 17.9 Å². The molecule has 2 aromatic rings. The van der Waals surface area contributed by atoms with Crippen LogP contribution in [-0.4, -0.2) is 34.8 Å². The molecule has 0 fully saturated rings. The Bertz CT molecular complexity index is 782. The maximum Gasteiger partial charge on any atom is 0.297 e. The summed E-state index contributed by atoms with van der Waals surface area (Å²) in [6.45, 7) is 0.907. The minimum absolute atomic E-state index is 0.00372. The van der Waals surface area contributed by atoms with Gasteiger partial charge < -0.3 is 9.32 Å². The molecule has 0 saturated carbocycles. The molecule has 1 aromatic heterocycles. The number of hydrogen-bond donors (Lipinski definition) is 0. The van der Waals surface area contributed by atoms with E-state index < -0.39 is 10.0 Å². The molecule has 0 aliphatic carbocycles. The van der Waals surface area contributed by atoms with E-state index in [1.165, 1.54) is 16.4 Å².